The molecule has 2 N–H and O–H groups in total. The van der Waals surface area contributed by atoms with Crippen LogP contribution in [-0.2, 0) is 9.53 Å². The van der Waals surface area contributed by atoms with Crippen LogP contribution < -0.4 is 10.6 Å². The Labute approximate surface area is 97.4 Å². The van der Waals surface area contributed by atoms with Gasteiger partial charge in [0.05, 0.1) is 13.2 Å². The predicted octanol–water partition coefficient (Wildman–Crippen LogP) is 0.837. The monoisotopic (exact) mass is 226 g/mol. The molecule has 0 spiro atoms. The maximum atomic E-state index is 11.1. The maximum absolute atomic E-state index is 11.1. The number of carbonyl (C=O) groups is 1. The van der Waals surface area contributed by atoms with E-state index < -0.39 is 0 Å². The highest BCUT2D eigenvalue weighted by Crippen LogP contribution is 2.10. The number of ether oxygens (including phenoxy) is 1. The highest BCUT2D eigenvalue weighted by molar-refractivity contribution is 5.76. The zero-order valence-electron chi connectivity index (χ0n) is 10.2. The van der Waals surface area contributed by atoms with Gasteiger partial charge in [0.15, 0.2) is 0 Å². The second kappa shape index (κ2) is 7.41. The summed E-state index contributed by atoms with van der Waals surface area (Å²) in [5.41, 5.74) is 1.46. The molecule has 0 aliphatic carbocycles. The lowest BCUT2D eigenvalue weighted by atomic mass is 10.1. The Hall–Kier alpha value is -0.870. The SMILES string of the molecule is CNC(=O)CC(C)NCCC1=CCOCC1. The molecule has 4 nitrogen and oxygen atoms in total. The van der Waals surface area contributed by atoms with Crippen molar-refractivity contribution < 1.29 is 9.53 Å². The lowest BCUT2D eigenvalue weighted by molar-refractivity contribution is -0.121. The summed E-state index contributed by atoms with van der Waals surface area (Å²) in [6, 6.07) is 0.236. The summed E-state index contributed by atoms with van der Waals surface area (Å²) in [6.07, 6.45) is 4.81. The van der Waals surface area contributed by atoms with Gasteiger partial charge in [0.25, 0.3) is 0 Å². The second-order valence-corrected chi connectivity index (χ2v) is 4.17. The van der Waals surface area contributed by atoms with Crippen molar-refractivity contribution in [2.24, 2.45) is 0 Å². The Kier molecular flexibility index (Phi) is 6.11. The van der Waals surface area contributed by atoms with Gasteiger partial charge in [-0.25, -0.2) is 0 Å². The standard InChI is InChI=1S/C12H22N2O2/c1-10(9-12(15)13-2)14-6-3-11-4-7-16-8-5-11/h4,10,14H,3,5-9H2,1-2H3,(H,13,15). The van der Waals surface area contributed by atoms with Gasteiger partial charge in [-0.3, -0.25) is 4.79 Å². The molecule has 0 aromatic heterocycles. The molecule has 1 unspecified atom stereocenters. The van der Waals surface area contributed by atoms with Crippen molar-refractivity contribution >= 4 is 5.91 Å². The van der Waals surface area contributed by atoms with Crippen LogP contribution in [-0.4, -0.2) is 38.8 Å². The molecule has 1 atom stereocenters. The summed E-state index contributed by atoms with van der Waals surface area (Å²) in [7, 11) is 1.67. The van der Waals surface area contributed by atoms with E-state index in [1.165, 1.54) is 5.57 Å². The van der Waals surface area contributed by atoms with E-state index in [9.17, 15) is 4.79 Å². The Morgan fingerprint density at radius 3 is 3.06 bits per heavy atom. The molecule has 0 radical (unpaired) electrons. The van der Waals surface area contributed by atoms with Gasteiger partial charge in [0.1, 0.15) is 0 Å². The molecule has 1 aliphatic rings. The largest absolute Gasteiger partial charge is 0.377 e. The van der Waals surface area contributed by atoms with Crippen LogP contribution in [0.5, 0.6) is 0 Å². The summed E-state index contributed by atoms with van der Waals surface area (Å²) >= 11 is 0. The van der Waals surface area contributed by atoms with Gasteiger partial charge < -0.3 is 15.4 Å². The van der Waals surface area contributed by atoms with Crippen molar-refractivity contribution in [2.45, 2.75) is 32.2 Å². The molecule has 16 heavy (non-hydrogen) atoms. The molecule has 0 aromatic carbocycles. The number of rotatable bonds is 6. The number of amides is 1. The predicted molar refractivity (Wildman–Crippen MR) is 64.3 cm³/mol. The third-order valence-electron chi connectivity index (χ3n) is 2.77. The fourth-order valence-electron chi connectivity index (χ4n) is 1.72. The molecule has 1 amide bonds. The molecule has 1 rings (SSSR count). The van der Waals surface area contributed by atoms with Crippen molar-refractivity contribution in [3.63, 3.8) is 0 Å². The van der Waals surface area contributed by atoms with Crippen molar-refractivity contribution in [1.29, 1.82) is 0 Å². The van der Waals surface area contributed by atoms with Gasteiger partial charge in [0.2, 0.25) is 5.91 Å². The van der Waals surface area contributed by atoms with E-state index >= 15 is 0 Å². The number of hydrogen-bond acceptors (Lipinski definition) is 3. The van der Waals surface area contributed by atoms with Crippen LogP contribution in [0.1, 0.15) is 26.2 Å². The van der Waals surface area contributed by atoms with E-state index in [4.69, 9.17) is 4.74 Å². The molecule has 0 fully saturated rings. The van der Waals surface area contributed by atoms with Gasteiger partial charge in [-0.15, -0.1) is 0 Å². The Morgan fingerprint density at radius 2 is 2.44 bits per heavy atom. The average molecular weight is 226 g/mol. The van der Waals surface area contributed by atoms with Crippen LogP contribution in [0.2, 0.25) is 0 Å². The number of hydrogen-bond donors (Lipinski definition) is 2. The fourth-order valence-corrected chi connectivity index (χ4v) is 1.72. The first-order valence-corrected chi connectivity index (χ1v) is 5.92. The maximum Gasteiger partial charge on any atom is 0.221 e. The molecule has 92 valence electrons. The molecule has 4 heteroatoms. The molecular weight excluding hydrogens is 204 g/mol. The van der Waals surface area contributed by atoms with Crippen molar-refractivity contribution in [3.05, 3.63) is 11.6 Å². The lowest BCUT2D eigenvalue weighted by Crippen LogP contribution is -2.33. The van der Waals surface area contributed by atoms with Crippen molar-refractivity contribution in [2.75, 3.05) is 26.8 Å². The van der Waals surface area contributed by atoms with Gasteiger partial charge in [-0.2, -0.15) is 0 Å². The first-order valence-electron chi connectivity index (χ1n) is 5.92. The zero-order chi connectivity index (χ0) is 11.8. The lowest BCUT2D eigenvalue weighted by Gasteiger charge is -2.16. The fraction of sp³-hybridized carbons (Fsp3) is 0.750. The average Bonchev–Trinajstić information content (AvgIpc) is 2.30. The summed E-state index contributed by atoms with van der Waals surface area (Å²) in [5, 5.41) is 5.98. The first kappa shape index (κ1) is 13.2. The third-order valence-corrected chi connectivity index (χ3v) is 2.77. The first-order chi connectivity index (χ1) is 7.72. The summed E-state index contributed by atoms with van der Waals surface area (Å²) < 4.78 is 5.24. The molecule has 0 saturated heterocycles. The topological polar surface area (TPSA) is 50.4 Å². The molecule has 0 aromatic rings. The van der Waals surface area contributed by atoms with E-state index in [1.807, 2.05) is 6.92 Å². The van der Waals surface area contributed by atoms with Gasteiger partial charge in [-0.05, 0) is 26.3 Å². The Morgan fingerprint density at radius 1 is 1.62 bits per heavy atom. The van der Waals surface area contributed by atoms with Gasteiger partial charge in [-0.1, -0.05) is 11.6 Å². The van der Waals surface area contributed by atoms with E-state index in [2.05, 4.69) is 16.7 Å². The summed E-state index contributed by atoms with van der Waals surface area (Å²) in [4.78, 5) is 11.1. The van der Waals surface area contributed by atoms with Crippen LogP contribution >= 0.6 is 0 Å². The van der Waals surface area contributed by atoms with E-state index in [0.717, 1.165) is 32.6 Å². The Balaban J connectivity index is 2.10. The van der Waals surface area contributed by atoms with E-state index in [1.54, 1.807) is 7.05 Å². The van der Waals surface area contributed by atoms with E-state index in [-0.39, 0.29) is 11.9 Å². The zero-order valence-corrected chi connectivity index (χ0v) is 10.2. The molecule has 0 saturated carbocycles. The minimum Gasteiger partial charge on any atom is -0.377 e. The highest BCUT2D eigenvalue weighted by atomic mass is 16.5. The quantitative estimate of drug-likeness (QED) is 0.660. The number of nitrogens with one attached hydrogen (secondary N) is 2. The van der Waals surface area contributed by atoms with Crippen LogP contribution in [0.4, 0.5) is 0 Å². The van der Waals surface area contributed by atoms with Gasteiger partial charge in [0, 0.05) is 19.5 Å². The molecule has 0 bridgehead atoms. The normalized spacial score (nSPS) is 17.8. The van der Waals surface area contributed by atoms with Crippen LogP contribution in [0, 0.1) is 0 Å². The van der Waals surface area contributed by atoms with E-state index in [0.29, 0.717) is 6.42 Å². The molecule has 1 aliphatic heterocycles. The van der Waals surface area contributed by atoms with Crippen LogP contribution in [0.3, 0.4) is 0 Å². The summed E-state index contributed by atoms with van der Waals surface area (Å²) in [5.74, 6) is 0.0882. The van der Waals surface area contributed by atoms with Gasteiger partial charge >= 0.3 is 0 Å². The van der Waals surface area contributed by atoms with Crippen LogP contribution in [0.15, 0.2) is 11.6 Å². The molecular formula is C12H22N2O2. The minimum atomic E-state index is 0.0882. The third kappa shape index (κ3) is 5.28. The Bertz CT molecular complexity index is 251. The second-order valence-electron chi connectivity index (χ2n) is 4.17. The smallest absolute Gasteiger partial charge is 0.221 e. The summed E-state index contributed by atoms with van der Waals surface area (Å²) in [6.45, 7) is 4.57. The van der Waals surface area contributed by atoms with Crippen LogP contribution in [0.25, 0.3) is 0 Å². The number of carbonyl (C=O) groups excluding carboxylic acids is 1. The van der Waals surface area contributed by atoms with Crippen molar-refractivity contribution in [1.82, 2.24) is 10.6 Å². The molecule has 1 heterocycles. The minimum absolute atomic E-state index is 0.0882. The highest BCUT2D eigenvalue weighted by Gasteiger charge is 2.07. The van der Waals surface area contributed by atoms with Crippen molar-refractivity contribution in [3.8, 4) is 0 Å².